The van der Waals surface area contributed by atoms with E-state index < -0.39 is 0 Å². The number of H-pyrrole nitrogens is 1. The third kappa shape index (κ3) is 4.15. The van der Waals surface area contributed by atoms with Gasteiger partial charge in [0.15, 0.2) is 0 Å². The molecule has 1 aromatic heterocycles. The van der Waals surface area contributed by atoms with E-state index in [2.05, 4.69) is 37.9 Å². The van der Waals surface area contributed by atoms with Gasteiger partial charge in [-0.2, -0.15) is 0 Å². The lowest BCUT2D eigenvalue weighted by molar-refractivity contribution is -0.141. The first kappa shape index (κ1) is 19.2. The maximum atomic E-state index is 13.1. The van der Waals surface area contributed by atoms with Crippen molar-refractivity contribution in [3.8, 4) is 0 Å². The Balaban J connectivity index is 1.34. The van der Waals surface area contributed by atoms with E-state index in [9.17, 15) is 9.59 Å². The molecule has 0 saturated carbocycles. The molecule has 2 aliphatic rings. The van der Waals surface area contributed by atoms with Crippen LogP contribution >= 0.6 is 15.9 Å². The maximum absolute atomic E-state index is 13.1. The normalized spacial score (nSPS) is 21.2. The van der Waals surface area contributed by atoms with Crippen molar-refractivity contribution in [3.05, 3.63) is 58.3 Å². The molecule has 0 radical (unpaired) electrons. The molecule has 28 heavy (non-hydrogen) atoms. The molecule has 0 spiro atoms. The van der Waals surface area contributed by atoms with Gasteiger partial charge in [0.1, 0.15) is 5.69 Å². The topological polar surface area (TPSA) is 59.7 Å². The van der Waals surface area contributed by atoms with Crippen LogP contribution in [0.3, 0.4) is 0 Å². The molecule has 7 heteroatoms. The van der Waals surface area contributed by atoms with Gasteiger partial charge in [-0.25, -0.2) is 0 Å². The van der Waals surface area contributed by atoms with Crippen LogP contribution in [0.15, 0.2) is 47.1 Å². The first-order chi connectivity index (χ1) is 13.6. The van der Waals surface area contributed by atoms with Crippen molar-refractivity contribution in [2.24, 2.45) is 0 Å². The fourth-order valence-corrected chi connectivity index (χ4v) is 4.46. The molecular formula is C21H25BrN4O2. The molecule has 1 atom stereocenters. The Labute approximate surface area is 173 Å². The molecule has 0 aliphatic carbocycles. The number of nitrogens with one attached hydrogen (secondary N) is 1. The van der Waals surface area contributed by atoms with Gasteiger partial charge in [0.2, 0.25) is 5.91 Å². The lowest BCUT2D eigenvalue weighted by Gasteiger charge is -2.42. The van der Waals surface area contributed by atoms with E-state index in [4.69, 9.17) is 0 Å². The van der Waals surface area contributed by atoms with Crippen molar-refractivity contribution in [1.29, 1.82) is 0 Å². The number of aromatic amines is 1. The number of benzene rings is 1. The van der Waals surface area contributed by atoms with Crippen LogP contribution in [0.2, 0.25) is 0 Å². The molecule has 2 amide bonds. The Morgan fingerprint density at radius 2 is 1.86 bits per heavy atom. The Morgan fingerprint density at radius 1 is 1.11 bits per heavy atom. The molecule has 4 rings (SSSR count). The number of likely N-dealkylation sites (tertiary alicyclic amines) is 1. The van der Waals surface area contributed by atoms with Crippen molar-refractivity contribution >= 4 is 27.7 Å². The molecule has 1 N–H and O–H groups in total. The standard InChI is InChI=1S/C21H25BrN4O2/c22-17-13-18(23-14-17)20(27)25-11-9-24(10-12-25)19-7-4-8-26(21(19)28)15-16-5-2-1-3-6-16/h1-3,5-6,13-14,19,23H,4,7-12,15H2. The number of carbonyl (C=O) groups is 2. The highest BCUT2D eigenvalue weighted by Gasteiger charge is 2.35. The second-order valence-electron chi connectivity index (χ2n) is 7.46. The third-order valence-electron chi connectivity index (χ3n) is 5.64. The number of hydrogen-bond donors (Lipinski definition) is 1. The number of rotatable bonds is 4. The van der Waals surface area contributed by atoms with E-state index in [-0.39, 0.29) is 17.9 Å². The maximum Gasteiger partial charge on any atom is 0.270 e. The summed E-state index contributed by atoms with van der Waals surface area (Å²) < 4.78 is 0.876. The summed E-state index contributed by atoms with van der Waals surface area (Å²) in [6.45, 7) is 4.28. The van der Waals surface area contributed by atoms with Crippen molar-refractivity contribution in [2.75, 3.05) is 32.7 Å². The van der Waals surface area contributed by atoms with Crippen molar-refractivity contribution in [3.63, 3.8) is 0 Å². The van der Waals surface area contributed by atoms with Crippen LogP contribution in [-0.2, 0) is 11.3 Å². The average Bonchev–Trinajstić information content (AvgIpc) is 3.16. The van der Waals surface area contributed by atoms with Crippen LogP contribution in [-0.4, -0.2) is 70.3 Å². The Bertz CT molecular complexity index is 830. The first-order valence-electron chi connectivity index (χ1n) is 9.82. The van der Waals surface area contributed by atoms with Gasteiger partial charge in [0.05, 0.1) is 6.04 Å². The van der Waals surface area contributed by atoms with Gasteiger partial charge in [-0.1, -0.05) is 30.3 Å². The predicted octanol–water partition coefficient (Wildman–Crippen LogP) is 2.73. The molecule has 1 unspecified atom stereocenters. The summed E-state index contributed by atoms with van der Waals surface area (Å²) in [4.78, 5) is 34.8. The predicted molar refractivity (Wildman–Crippen MR) is 111 cm³/mol. The summed E-state index contributed by atoms with van der Waals surface area (Å²) >= 11 is 3.37. The minimum atomic E-state index is -0.0608. The van der Waals surface area contributed by atoms with Gasteiger partial charge in [0.25, 0.3) is 5.91 Å². The second kappa shape index (κ2) is 8.49. The summed E-state index contributed by atoms with van der Waals surface area (Å²) in [7, 11) is 0. The molecule has 2 saturated heterocycles. The van der Waals surface area contributed by atoms with Crippen LogP contribution in [0, 0.1) is 0 Å². The monoisotopic (exact) mass is 444 g/mol. The lowest BCUT2D eigenvalue weighted by atomic mass is 10.0. The fraction of sp³-hybridized carbons (Fsp3) is 0.429. The van der Waals surface area contributed by atoms with E-state index >= 15 is 0 Å². The number of nitrogens with zero attached hydrogens (tertiary/aromatic N) is 3. The van der Waals surface area contributed by atoms with Crippen molar-refractivity contribution in [2.45, 2.75) is 25.4 Å². The lowest BCUT2D eigenvalue weighted by Crippen LogP contribution is -2.58. The molecule has 2 aliphatic heterocycles. The SMILES string of the molecule is O=C(c1cc(Br)c[nH]1)N1CCN(C2CCCN(Cc3ccccc3)C2=O)CC1. The highest BCUT2D eigenvalue weighted by molar-refractivity contribution is 9.10. The average molecular weight is 445 g/mol. The zero-order valence-corrected chi connectivity index (χ0v) is 17.4. The number of piperidine rings is 1. The number of hydrogen-bond acceptors (Lipinski definition) is 3. The molecule has 3 heterocycles. The van der Waals surface area contributed by atoms with E-state index in [1.807, 2.05) is 28.0 Å². The minimum absolute atomic E-state index is 0.0195. The third-order valence-corrected chi connectivity index (χ3v) is 6.10. The molecular weight excluding hydrogens is 420 g/mol. The Hall–Kier alpha value is -2.12. The number of halogens is 1. The number of aromatic nitrogens is 1. The van der Waals surface area contributed by atoms with Gasteiger partial charge in [-0.3, -0.25) is 14.5 Å². The number of carbonyl (C=O) groups excluding carboxylic acids is 2. The first-order valence-corrected chi connectivity index (χ1v) is 10.6. The molecule has 0 bridgehead atoms. The quantitative estimate of drug-likeness (QED) is 0.788. The van der Waals surface area contributed by atoms with Crippen LogP contribution in [0.4, 0.5) is 0 Å². The number of piperazine rings is 1. The molecule has 6 nitrogen and oxygen atoms in total. The van der Waals surface area contributed by atoms with Crippen molar-refractivity contribution < 1.29 is 9.59 Å². The van der Waals surface area contributed by atoms with Crippen LogP contribution < -0.4 is 0 Å². The van der Waals surface area contributed by atoms with E-state index in [0.717, 1.165) is 36.9 Å². The van der Waals surface area contributed by atoms with E-state index in [0.29, 0.717) is 25.3 Å². The number of amides is 2. The Morgan fingerprint density at radius 3 is 2.54 bits per heavy atom. The van der Waals surface area contributed by atoms with Gasteiger partial charge in [-0.15, -0.1) is 0 Å². The zero-order chi connectivity index (χ0) is 19.5. The van der Waals surface area contributed by atoms with Gasteiger partial charge < -0.3 is 14.8 Å². The summed E-state index contributed by atoms with van der Waals surface area (Å²) in [6, 6.07) is 11.9. The largest absolute Gasteiger partial charge is 0.356 e. The van der Waals surface area contributed by atoms with Crippen LogP contribution in [0.5, 0.6) is 0 Å². The van der Waals surface area contributed by atoms with Crippen LogP contribution in [0.25, 0.3) is 0 Å². The van der Waals surface area contributed by atoms with E-state index in [1.54, 1.807) is 12.3 Å². The smallest absolute Gasteiger partial charge is 0.270 e. The highest BCUT2D eigenvalue weighted by atomic mass is 79.9. The zero-order valence-electron chi connectivity index (χ0n) is 15.8. The molecule has 148 valence electrons. The van der Waals surface area contributed by atoms with Gasteiger partial charge >= 0.3 is 0 Å². The van der Waals surface area contributed by atoms with Crippen molar-refractivity contribution in [1.82, 2.24) is 19.7 Å². The molecule has 2 fully saturated rings. The summed E-state index contributed by atoms with van der Waals surface area (Å²) in [5.74, 6) is 0.245. The summed E-state index contributed by atoms with van der Waals surface area (Å²) in [5, 5.41) is 0. The van der Waals surface area contributed by atoms with Gasteiger partial charge in [0, 0.05) is 49.9 Å². The van der Waals surface area contributed by atoms with Gasteiger partial charge in [-0.05, 0) is 40.4 Å². The summed E-state index contributed by atoms with van der Waals surface area (Å²) in [6.07, 6.45) is 3.70. The Kier molecular flexibility index (Phi) is 5.82. The summed E-state index contributed by atoms with van der Waals surface area (Å²) in [5.41, 5.74) is 1.77. The van der Waals surface area contributed by atoms with E-state index in [1.165, 1.54) is 5.56 Å². The second-order valence-corrected chi connectivity index (χ2v) is 8.38. The molecule has 1 aromatic carbocycles. The minimum Gasteiger partial charge on any atom is -0.356 e. The molecule has 2 aromatic rings. The highest BCUT2D eigenvalue weighted by Crippen LogP contribution is 2.21. The van der Waals surface area contributed by atoms with Crippen LogP contribution in [0.1, 0.15) is 28.9 Å². The fourth-order valence-electron chi connectivity index (χ4n) is 4.12.